The van der Waals surface area contributed by atoms with Gasteiger partial charge in [0.1, 0.15) is 0 Å². The van der Waals surface area contributed by atoms with Gasteiger partial charge in [0.2, 0.25) is 0 Å². The highest BCUT2D eigenvalue weighted by Gasteiger charge is 2.41. The normalized spacial score (nSPS) is 28.8. The fourth-order valence-corrected chi connectivity index (χ4v) is 4.30. The molecule has 2 heteroatoms. The van der Waals surface area contributed by atoms with Gasteiger partial charge in [-0.05, 0) is 56.7 Å². The van der Waals surface area contributed by atoms with Crippen molar-refractivity contribution in [1.29, 1.82) is 0 Å². The highest BCUT2D eigenvalue weighted by atomic mass is 15.2. The molecule has 4 unspecified atom stereocenters. The smallest absolute Gasteiger partial charge is 0.0473 e. The van der Waals surface area contributed by atoms with Crippen LogP contribution < -0.4 is 5.32 Å². The number of rotatable bonds is 5. The van der Waals surface area contributed by atoms with Crippen molar-refractivity contribution < 1.29 is 0 Å². The van der Waals surface area contributed by atoms with Gasteiger partial charge in [-0.2, -0.15) is 0 Å². The van der Waals surface area contributed by atoms with Crippen LogP contribution in [0.3, 0.4) is 0 Å². The second-order valence-corrected chi connectivity index (χ2v) is 6.63. The van der Waals surface area contributed by atoms with Crippen molar-refractivity contribution in [2.45, 2.75) is 57.7 Å². The summed E-state index contributed by atoms with van der Waals surface area (Å²) in [6.07, 6.45) is 5.44. The van der Waals surface area contributed by atoms with Gasteiger partial charge >= 0.3 is 0 Å². The molecule has 20 heavy (non-hydrogen) atoms. The lowest BCUT2D eigenvalue weighted by Gasteiger charge is -2.37. The summed E-state index contributed by atoms with van der Waals surface area (Å²) in [6.45, 7) is 5.93. The Morgan fingerprint density at radius 2 is 2.00 bits per heavy atom. The van der Waals surface area contributed by atoms with E-state index in [0.717, 1.165) is 18.4 Å². The van der Waals surface area contributed by atoms with Crippen molar-refractivity contribution in [2.75, 3.05) is 13.6 Å². The number of nitrogens with zero attached hydrogens (tertiary/aromatic N) is 1. The third-order valence-corrected chi connectivity index (χ3v) is 5.52. The lowest BCUT2D eigenvalue weighted by molar-refractivity contribution is 0.131. The Kier molecular flexibility index (Phi) is 4.13. The van der Waals surface area contributed by atoms with E-state index in [1.807, 2.05) is 0 Å². The van der Waals surface area contributed by atoms with Crippen LogP contribution in [0.1, 0.15) is 50.3 Å². The van der Waals surface area contributed by atoms with Crippen LogP contribution >= 0.6 is 0 Å². The fourth-order valence-electron chi connectivity index (χ4n) is 4.30. The maximum atomic E-state index is 3.55. The fraction of sp³-hybridized carbons (Fsp3) is 0.667. The SMILES string of the molecule is CCc1ccc(C(NC)C(C)N2CC3CCC2C3)cc1. The number of nitrogens with one attached hydrogen (secondary N) is 1. The molecule has 1 aromatic carbocycles. The first kappa shape index (κ1) is 14.1. The van der Waals surface area contributed by atoms with Crippen molar-refractivity contribution in [3.05, 3.63) is 35.4 Å². The molecule has 1 N–H and O–H groups in total. The molecule has 1 aromatic rings. The molecular weight excluding hydrogens is 244 g/mol. The van der Waals surface area contributed by atoms with Crippen LogP contribution in [0.15, 0.2) is 24.3 Å². The molecular formula is C18H28N2. The second-order valence-electron chi connectivity index (χ2n) is 6.63. The van der Waals surface area contributed by atoms with Gasteiger partial charge in [-0.1, -0.05) is 31.2 Å². The number of likely N-dealkylation sites (tertiary alicyclic amines) is 1. The zero-order valence-corrected chi connectivity index (χ0v) is 13.1. The molecule has 2 nitrogen and oxygen atoms in total. The number of hydrogen-bond acceptors (Lipinski definition) is 2. The third kappa shape index (κ3) is 2.51. The largest absolute Gasteiger partial charge is 0.312 e. The topological polar surface area (TPSA) is 15.3 Å². The van der Waals surface area contributed by atoms with Crippen LogP contribution in [0.4, 0.5) is 0 Å². The van der Waals surface area contributed by atoms with Crippen LogP contribution in [0, 0.1) is 5.92 Å². The second kappa shape index (κ2) is 5.87. The van der Waals surface area contributed by atoms with Crippen molar-refractivity contribution in [3.8, 4) is 0 Å². The molecule has 4 atom stereocenters. The van der Waals surface area contributed by atoms with E-state index < -0.39 is 0 Å². The zero-order chi connectivity index (χ0) is 14.1. The van der Waals surface area contributed by atoms with Gasteiger partial charge < -0.3 is 5.32 Å². The van der Waals surface area contributed by atoms with Crippen molar-refractivity contribution in [3.63, 3.8) is 0 Å². The summed E-state index contributed by atoms with van der Waals surface area (Å²) in [5.41, 5.74) is 2.86. The van der Waals surface area contributed by atoms with Crippen LogP contribution in [-0.2, 0) is 6.42 Å². The number of likely N-dealkylation sites (N-methyl/N-ethyl adjacent to an activating group) is 1. The van der Waals surface area contributed by atoms with Gasteiger partial charge in [-0.15, -0.1) is 0 Å². The van der Waals surface area contributed by atoms with Crippen LogP contribution in [0.2, 0.25) is 0 Å². The summed E-state index contributed by atoms with van der Waals surface area (Å²) in [7, 11) is 2.10. The highest BCUT2D eigenvalue weighted by molar-refractivity contribution is 5.26. The van der Waals surface area contributed by atoms with E-state index in [4.69, 9.17) is 0 Å². The average Bonchev–Trinajstić information content (AvgIpc) is 3.11. The molecule has 2 fully saturated rings. The number of aryl methyl sites for hydroxylation is 1. The Balaban J connectivity index is 1.74. The molecule has 1 aliphatic carbocycles. The quantitative estimate of drug-likeness (QED) is 0.884. The van der Waals surface area contributed by atoms with Crippen molar-refractivity contribution in [2.24, 2.45) is 5.92 Å². The lowest BCUT2D eigenvalue weighted by atomic mass is 9.96. The van der Waals surface area contributed by atoms with Gasteiger partial charge in [-0.25, -0.2) is 0 Å². The Bertz CT molecular complexity index is 439. The zero-order valence-electron chi connectivity index (χ0n) is 13.1. The van der Waals surface area contributed by atoms with E-state index in [9.17, 15) is 0 Å². The molecule has 110 valence electrons. The number of benzene rings is 1. The van der Waals surface area contributed by atoms with E-state index in [-0.39, 0.29) is 0 Å². The first-order valence-electron chi connectivity index (χ1n) is 8.24. The van der Waals surface area contributed by atoms with Crippen molar-refractivity contribution >= 4 is 0 Å². The lowest BCUT2D eigenvalue weighted by Crippen LogP contribution is -2.45. The van der Waals surface area contributed by atoms with Crippen LogP contribution in [0.25, 0.3) is 0 Å². The van der Waals surface area contributed by atoms with Gasteiger partial charge in [0.05, 0.1) is 0 Å². The van der Waals surface area contributed by atoms with E-state index in [2.05, 4.69) is 55.4 Å². The Hall–Kier alpha value is -0.860. The summed E-state index contributed by atoms with van der Waals surface area (Å²) in [4.78, 5) is 2.75. The van der Waals surface area contributed by atoms with E-state index in [1.165, 1.54) is 36.9 Å². The van der Waals surface area contributed by atoms with Gasteiger partial charge in [0.15, 0.2) is 0 Å². The minimum absolute atomic E-state index is 0.445. The van der Waals surface area contributed by atoms with E-state index in [0.29, 0.717) is 12.1 Å². The number of fused-ring (bicyclic) bond motifs is 2. The number of piperidine rings is 1. The molecule has 1 aliphatic heterocycles. The van der Waals surface area contributed by atoms with Crippen LogP contribution in [0.5, 0.6) is 0 Å². The minimum atomic E-state index is 0.445. The van der Waals surface area contributed by atoms with Gasteiger partial charge in [0.25, 0.3) is 0 Å². The number of hydrogen-bond donors (Lipinski definition) is 1. The first-order chi connectivity index (χ1) is 9.72. The third-order valence-electron chi connectivity index (χ3n) is 5.52. The molecule has 1 saturated heterocycles. The molecule has 1 saturated carbocycles. The summed E-state index contributed by atoms with van der Waals surface area (Å²) in [6, 6.07) is 11.1. The summed E-state index contributed by atoms with van der Waals surface area (Å²) < 4.78 is 0. The maximum Gasteiger partial charge on any atom is 0.0473 e. The molecule has 0 amide bonds. The molecule has 1 heterocycles. The monoisotopic (exact) mass is 272 g/mol. The van der Waals surface area contributed by atoms with E-state index >= 15 is 0 Å². The summed E-state index contributed by atoms with van der Waals surface area (Å²) >= 11 is 0. The Labute approximate surface area is 123 Å². The molecule has 2 aliphatic rings. The predicted molar refractivity (Wildman–Crippen MR) is 84.9 cm³/mol. The Morgan fingerprint density at radius 1 is 1.25 bits per heavy atom. The Morgan fingerprint density at radius 3 is 2.50 bits per heavy atom. The molecule has 0 spiro atoms. The molecule has 2 bridgehead atoms. The molecule has 0 aromatic heterocycles. The van der Waals surface area contributed by atoms with Crippen molar-refractivity contribution in [1.82, 2.24) is 10.2 Å². The molecule has 0 radical (unpaired) electrons. The summed E-state index contributed by atoms with van der Waals surface area (Å²) in [5, 5.41) is 3.55. The average molecular weight is 272 g/mol. The summed E-state index contributed by atoms with van der Waals surface area (Å²) in [5.74, 6) is 0.974. The highest BCUT2D eigenvalue weighted by Crippen LogP contribution is 2.40. The van der Waals surface area contributed by atoms with Gasteiger partial charge in [0, 0.05) is 24.7 Å². The first-order valence-corrected chi connectivity index (χ1v) is 8.24. The van der Waals surface area contributed by atoms with Crippen LogP contribution in [-0.4, -0.2) is 30.6 Å². The molecule has 3 rings (SSSR count). The predicted octanol–water partition coefficient (Wildman–Crippen LogP) is 3.38. The standard InChI is InChI=1S/C18H28N2/c1-4-14-5-8-16(9-6-14)18(19-3)13(2)20-12-15-7-10-17(20)11-15/h5-6,8-9,13,15,17-19H,4,7,10-12H2,1-3H3. The van der Waals surface area contributed by atoms with Gasteiger partial charge in [-0.3, -0.25) is 4.90 Å². The van der Waals surface area contributed by atoms with E-state index in [1.54, 1.807) is 0 Å². The maximum absolute atomic E-state index is 3.55. The minimum Gasteiger partial charge on any atom is -0.312 e.